The number of Topliss-reactive ketones (excluding diaryl/α,β-unsaturated/α-hetero) is 2. The van der Waals surface area contributed by atoms with Gasteiger partial charge in [-0.25, -0.2) is 0 Å². The van der Waals surface area contributed by atoms with Gasteiger partial charge in [0, 0.05) is 28.6 Å². The van der Waals surface area contributed by atoms with Gasteiger partial charge in [0.15, 0.2) is 11.6 Å². The smallest absolute Gasteiger partial charge is 0.185 e. The molecule has 0 saturated carbocycles. The van der Waals surface area contributed by atoms with Crippen LogP contribution in [0.15, 0.2) is 22.8 Å². The highest BCUT2D eigenvalue weighted by molar-refractivity contribution is 6.22. The molecule has 3 heteroatoms. The minimum Gasteiger partial charge on any atom is -0.300 e. The van der Waals surface area contributed by atoms with Crippen molar-refractivity contribution in [2.75, 3.05) is 0 Å². The predicted molar refractivity (Wildman–Crippen MR) is 65.6 cm³/mol. The molecule has 3 nitrogen and oxygen atoms in total. The van der Waals surface area contributed by atoms with Gasteiger partial charge < -0.3 is 0 Å². The molecule has 0 heterocycles. The molecule has 0 atom stereocenters. The van der Waals surface area contributed by atoms with E-state index in [1.807, 2.05) is 13.8 Å². The fraction of sp³-hybridized carbons (Fsp3) is 0.500. The molecule has 0 N–H and O–H groups in total. The molecule has 1 aliphatic carbocycles. The van der Waals surface area contributed by atoms with E-state index in [1.165, 1.54) is 13.0 Å². The summed E-state index contributed by atoms with van der Waals surface area (Å²) in [6.45, 7) is 8.44. The van der Waals surface area contributed by atoms with Crippen LogP contribution in [0.3, 0.4) is 0 Å². The lowest BCUT2D eigenvalue weighted by atomic mass is 9.72. The van der Waals surface area contributed by atoms with Crippen molar-refractivity contribution in [3.05, 3.63) is 22.8 Å². The second-order valence-electron chi connectivity index (χ2n) is 5.28. The fourth-order valence-electron chi connectivity index (χ4n) is 2.39. The quantitative estimate of drug-likeness (QED) is 0.704. The minimum absolute atomic E-state index is 0.0164. The van der Waals surface area contributed by atoms with Crippen LogP contribution in [0.5, 0.6) is 0 Å². The Morgan fingerprint density at radius 2 is 1.76 bits per heavy atom. The van der Waals surface area contributed by atoms with E-state index in [-0.39, 0.29) is 23.8 Å². The van der Waals surface area contributed by atoms with Crippen LogP contribution in [-0.2, 0) is 14.4 Å². The topological polar surface area (TPSA) is 51.2 Å². The molecule has 0 spiro atoms. The second-order valence-corrected chi connectivity index (χ2v) is 5.28. The van der Waals surface area contributed by atoms with Crippen molar-refractivity contribution in [1.82, 2.24) is 0 Å². The Morgan fingerprint density at radius 1 is 1.24 bits per heavy atom. The summed E-state index contributed by atoms with van der Waals surface area (Å²) in [5.41, 5.74) is 0.815. The predicted octanol–water partition coefficient (Wildman–Crippen LogP) is 2.41. The number of hydrogen-bond acceptors (Lipinski definition) is 3. The van der Waals surface area contributed by atoms with Crippen molar-refractivity contribution < 1.29 is 14.4 Å². The summed E-state index contributed by atoms with van der Waals surface area (Å²) < 4.78 is 0. The number of hydrogen-bond donors (Lipinski definition) is 0. The van der Waals surface area contributed by atoms with Gasteiger partial charge in [-0.15, -0.1) is 0 Å². The normalized spacial score (nSPS) is 17.4. The molecule has 0 saturated heterocycles. The number of carbonyl (C=O) groups excluding carboxylic acids is 3. The van der Waals surface area contributed by atoms with E-state index in [2.05, 4.69) is 0 Å². The molecule has 0 aromatic rings. The van der Waals surface area contributed by atoms with Crippen molar-refractivity contribution in [2.45, 2.75) is 41.0 Å². The van der Waals surface area contributed by atoms with Crippen molar-refractivity contribution >= 4 is 17.3 Å². The van der Waals surface area contributed by atoms with E-state index < -0.39 is 5.41 Å². The minimum atomic E-state index is -0.585. The van der Waals surface area contributed by atoms with Crippen LogP contribution in [-0.4, -0.2) is 17.3 Å². The van der Waals surface area contributed by atoms with Crippen LogP contribution in [0.2, 0.25) is 0 Å². The lowest BCUT2D eigenvalue weighted by Gasteiger charge is -2.29. The third-order valence-corrected chi connectivity index (χ3v) is 3.05. The average molecular weight is 234 g/mol. The van der Waals surface area contributed by atoms with Crippen LogP contribution in [0.4, 0.5) is 0 Å². The van der Waals surface area contributed by atoms with Gasteiger partial charge in [0.2, 0.25) is 0 Å². The summed E-state index contributed by atoms with van der Waals surface area (Å²) in [5, 5.41) is 0. The number of rotatable bonds is 3. The second kappa shape index (κ2) is 4.40. The van der Waals surface area contributed by atoms with E-state index in [4.69, 9.17) is 0 Å². The van der Waals surface area contributed by atoms with E-state index in [0.29, 0.717) is 16.7 Å². The first-order valence-corrected chi connectivity index (χ1v) is 5.65. The van der Waals surface area contributed by atoms with Crippen molar-refractivity contribution in [3.63, 3.8) is 0 Å². The monoisotopic (exact) mass is 234 g/mol. The molecular weight excluding hydrogens is 216 g/mol. The molecule has 0 radical (unpaired) electrons. The molecule has 1 rings (SSSR count). The Morgan fingerprint density at radius 3 is 2.24 bits per heavy atom. The maximum atomic E-state index is 12.1. The van der Waals surface area contributed by atoms with Crippen molar-refractivity contribution in [3.8, 4) is 0 Å². The lowest BCUT2D eigenvalue weighted by Crippen LogP contribution is -2.29. The Hall–Kier alpha value is -1.51. The third kappa shape index (κ3) is 2.60. The Labute approximate surface area is 102 Å². The summed E-state index contributed by atoms with van der Waals surface area (Å²) >= 11 is 0. The SMILES string of the molecule is CC(=O)CC(C)(C)C1=C(C)C(=O)C=C(C)C1=O. The number of allylic oxidation sites excluding steroid dienone is 4. The van der Waals surface area contributed by atoms with Gasteiger partial charge in [0.1, 0.15) is 5.78 Å². The van der Waals surface area contributed by atoms with Gasteiger partial charge in [-0.2, -0.15) is 0 Å². The van der Waals surface area contributed by atoms with Gasteiger partial charge in [0.05, 0.1) is 0 Å². The molecule has 0 aliphatic heterocycles. The van der Waals surface area contributed by atoms with Crippen LogP contribution in [0.1, 0.15) is 41.0 Å². The Kier molecular flexibility index (Phi) is 3.51. The first kappa shape index (κ1) is 13.6. The van der Waals surface area contributed by atoms with Gasteiger partial charge in [-0.1, -0.05) is 13.8 Å². The third-order valence-electron chi connectivity index (χ3n) is 3.05. The van der Waals surface area contributed by atoms with Gasteiger partial charge in [0.25, 0.3) is 0 Å². The van der Waals surface area contributed by atoms with Crippen molar-refractivity contribution in [1.29, 1.82) is 0 Å². The summed E-state index contributed by atoms with van der Waals surface area (Å²) in [6, 6.07) is 0. The molecule has 0 unspecified atom stereocenters. The van der Waals surface area contributed by atoms with Gasteiger partial charge in [-0.3, -0.25) is 14.4 Å². The number of carbonyl (C=O) groups is 3. The van der Waals surface area contributed by atoms with E-state index in [0.717, 1.165) is 0 Å². The van der Waals surface area contributed by atoms with Crippen LogP contribution in [0, 0.1) is 5.41 Å². The lowest BCUT2D eigenvalue weighted by molar-refractivity contribution is -0.119. The molecule has 0 amide bonds. The highest BCUT2D eigenvalue weighted by Gasteiger charge is 2.35. The summed E-state index contributed by atoms with van der Waals surface area (Å²) in [5.74, 6) is -0.232. The molecule has 0 aromatic heterocycles. The Bertz CT molecular complexity index is 462. The summed E-state index contributed by atoms with van der Waals surface area (Å²) in [7, 11) is 0. The maximum absolute atomic E-state index is 12.1. The summed E-state index contributed by atoms with van der Waals surface area (Å²) in [6.07, 6.45) is 1.64. The average Bonchev–Trinajstić information content (AvgIpc) is 2.12. The molecule has 1 aliphatic rings. The summed E-state index contributed by atoms with van der Waals surface area (Å²) in [4.78, 5) is 35.1. The van der Waals surface area contributed by atoms with Crippen LogP contribution in [0.25, 0.3) is 0 Å². The first-order valence-electron chi connectivity index (χ1n) is 5.65. The Balaban J connectivity index is 3.27. The molecule has 0 aromatic carbocycles. The largest absolute Gasteiger partial charge is 0.300 e. The van der Waals surface area contributed by atoms with E-state index in [1.54, 1.807) is 13.8 Å². The molecule has 17 heavy (non-hydrogen) atoms. The van der Waals surface area contributed by atoms with Crippen LogP contribution >= 0.6 is 0 Å². The van der Waals surface area contributed by atoms with E-state index in [9.17, 15) is 14.4 Å². The standard InChI is InChI=1S/C14H18O3/c1-8-6-11(16)10(3)12(13(8)17)14(4,5)7-9(2)15/h6H,7H2,1-5H3. The molecular formula is C14H18O3. The van der Waals surface area contributed by atoms with Gasteiger partial charge >= 0.3 is 0 Å². The number of ketones is 3. The highest BCUT2D eigenvalue weighted by atomic mass is 16.1. The van der Waals surface area contributed by atoms with Crippen molar-refractivity contribution in [2.24, 2.45) is 5.41 Å². The maximum Gasteiger partial charge on any atom is 0.185 e. The molecule has 0 fully saturated rings. The van der Waals surface area contributed by atoms with E-state index >= 15 is 0 Å². The molecule has 0 bridgehead atoms. The van der Waals surface area contributed by atoms with Crippen LogP contribution < -0.4 is 0 Å². The zero-order valence-electron chi connectivity index (χ0n) is 11.0. The first-order chi connectivity index (χ1) is 7.66. The highest BCUT2D eigenvalue weighted by Crippen LogP contribution is 2.37. The van der Waals surface area contributed by atoms with Gasteiger partial charge in [-0.05, 0) is 26.8 Å². The molecule has 92 valence electrons. The zero-order valence-corrected chi connectivity index (χ0v) is 11.0. The zero-order chi connectivity index (χ0) is 13.4. The fourth-order valence-corrected chi connectivity index (χ4v) is 2.39.